The van der Waals surface area contributed by atoms with Gasteiger partial charge in [0.05, 0.1) is 0 Å². The average Bonchev–Trinajstić information content (AvgIpc) is 2.52. The molecule has 0 bridgehead atoms. The summed E-state index contributed by atoms with van der Waals surface area (Å²) in [5.74, 6) is -0.0157. The van der Waals surface area contributed by atoms with Crippen LogP contribution >= 0.6 is 0 Å². The van der Waals surface area contributed by atoms with Gasteiger partial charge in [-0.25, -0.2) is 0 Å². The van der Waals surface area contributed by atoms with Crippen molar-refractivity contribution in [2.45, 2.75) is 6.42 Å². The molecule has 1 aromatic rings. The zero-order chi connectivity index (χ0) is 14.2. The molecule has 1 amide bonds. The molecule has 0 aromatic heterocycles. The van der Waals surface area contributed by atoms with Crippen LogP contribution in [0.25, 0.3) is 0 Å². The SMILES string of the molecule is COCCCNC(=O)c1cccc(N2CCNCC2)c1. The number of hydrogen-bond acceptors (Lipinski definition) is 4. The van der Waals surface area contributed by atoms with E-state index in [2.05, 4.69) is 21.6 Å². The number of nitrogens with zero attached hydrogens (tertiary/aromatic N) is 1. The highest BCUT2D eigenvalue weighted by Crippen LogP contribution is 2.16. The van der Waals surface area contributed by atoms with E-state index in [1.807, 2.05) is 18.2 Å². The largest absolute Gasteiger partial charge is 0.385 e. The summed E-state index contributed by atoms with van der Waals surface area (Å²) in [5.41, 5.74) is 1.84. The van der Waals surface area contributed by atoms with Gasteiger partial charge in [-0.05, 0) is 24.6 Å². The molecular formula is C15H23N3O2. The van der Waals surface area contributed by atoms with Crippen molar-refractivity contribution in [3.05, 3.63) is 29.8 Å². The van der Waals surface area contributed by atoms with Gasteiger partial charge in [0.15, 0.2) is 0 Å². The summed E-state index contributed by atoms with van der Waals surface area (Å²) < 4.78 is 4.96. The standard InChI is InChI=1S/C15H23N3O2/c1-20-11-3-6-17-15(19)13-4-2-5-14(12-13)18-9-7-16-8-10-18/h2,4-5,12,16H,3,6-11H2,1H3,(H,17,19). The zero-order valence-corrected chi connectivity index (χ0v) is 12.0. The van der Waals surface area contributed by atoms with Crippen LogP contribution in [0, 0.1) is 0 Å². The average molecular weight is 277 g/mol. The molecule has 0 unspecified atom stereocenters. The maximum Gasteiger partial charge on any atom is 0.251 e. The molecule has 1 aliphatic rings. The van der Waals surface area contributed by atoms with Crippen LogP contribution in [0.2, 0.25) is 0 Å². The van der Waals surface area contributed by atoms with Gasteiger partial charge in [0.25, 0.3) is 5.91 Å². The number of hydrogen-bond donors (Lipinski definition) is 2. The van der Waals surface area contributed by atoms with Crippen LogP contribution in [-0.2, 0) is 4.74 Å². The van der Waals surface area contributed by atoms with Crippen LogP contribution in [0.4, 0.5) is 5.69 Å². The lowest BCUT2D eigenvalue weighted by Crippen LogP contribution is -2.43. The second-order valence-electron chi connectivity index (χ2n) is 4.89. The molecule has 2 N–H and O–H groups in total. The Balaban J connectivity index is 1.92. The lowest BCUT2D eigenvalue weighted by Gasteiger charge is -2.29. The van der Waals surface area contributed by atoms with Crippen LogP contribution in [0.15, 0.2) is 24.3 Å². The third kappa shape index (κ3) is 4.21. The van der Waals surface area contributed by atoms with Gasteiger partial charge in [0, 0.05) is 57.7 Å². The fraction of sp³-hybridized carbons (Fsp3) is 0.533. The van der Waals surface area contributed by atoms with Crippen LogP contribution in [0.5, 0.6) is 0 Å². The second kappa shape index (κ2) is 7.87. The Morgan fingerprint density at radius 2 is 2.20 bits per heavy atom. The molecule has 0 saturated carbocycles. The number of piperazine rings is 1. The predicted octanol–water partition coefficient (Wildman–Crippen LogP) is 0.862. The summed E-state index contributed by atoms with van der Waals surface area (Å²) in [7, 11) is 1.67. The number of carbonyl (C=O) groups excluding carboxylic acids is 1. The van der Waals surface area contributed by atoms with E-state index in [-0.39, 0.29) is 5.91 Å². The molecule has 2 rings (SSSR count). The molecule has 0 atom stereocenters. The number of methoxy groups -OCH3 is 1. The fourth-order valence-electron chi connectivity index (χ4n) is 2.29. The Morgan fingerprint density at radius 1 is 1.40 bits per heavy atom. The Bertz CT molecular complexity index is 431. The van der Waals surface area contributed by atoms with Crippen molar-refractivity contribution >= 4 is 11.6 Å². The van der Waals surface area contributed by atoms with E-state index in [0.717, 1.165) is 43.9 Å². The molecule has 1 aliphatic heterocycles. The Labute approximate surface area is 120 Å². The van der Waals surface area contributed by atoms with Crippen molar-refractivity contribution in [1.82, 2.24) is 10.6 Å². The molecule has 20 heavy (non-hydrogen) atoms. The first-order valence-corrected chi connectivity index (χ1v) is 7.14. The first kappa shape index (κ1) is 14.8. The number of rotatable bonds is 6. The van der Waals surface area contributed by atoms with Crippen LogP contribution in [0.1, 0.15) is 16.8 Å². The minimum Gasteiger partial charge on any atom is -0.385 e. The molecule has 5 heteroatoms. The number of ether oxygens (including phenoxy) is 1. The summed E-state index contributed by atoms with van der Waals surface area (Å²) in [6, 6.07) is 7.84. The molecular weight excluding hydrogens is 254 g/mol. The Hall–Kier alpha value is -1.59. The summed E-state index contributed by atoms with van der Waals surface area (Å²) in [5, 5.41) is 6.24. The highest BCUT2D eigenvalue weighted by atomic mass is 16.5. The number of nitrogens with one attached hydrogen (secondary N) is 2. The van der Waals surface area contributed by atoms with E-state index in [9.17, 15) is 4.79 Å². The first-order valence-electron chi connectivity index (χ1n) is 7.14. The maximum atomic E-state index is 12.1. The molecule has 0 spiro atoms. The van der Waals surface area contributed by atoms with Crippen molar-refractivity contribution < 1.29 is 9.53 Å². The van der Waals surface area contributed by atoms with Gasteiger partial charge in [-0.15, -0.1) is 0 Å². The normalized spacial score (nSPS) is 15.2. The molecule has 0 radical (unpaired) electrons. The fourth-order valence-corrected chi connectivity index (χ4v) is 2.29. The summed E-state index contributed by atoms with van der Waals surface area (Å²) in [6.45, 7) is 5.27. The molecule has 110 valence electrons. The third-order valence-electron chi connectivity index (χ3n) is 3.40. The molecule has 1 heterocycles. The quantitative estimate of drug-likeness (QED) is 0.757. The van der Waals surface area contributed by atoms with Gasteiger partial charge in [0.2, 0.25) is 0 Å². The monoisotopic (exact) mass is 277 g/mol. The predicted molar refractivity (Wildman–Crippen MR) is 80.4 cm³/mol. The zero-order valence-electron chi connectivity index (χ0n) is 12.0. The molecule has 1 fully saturated rings. The Morgan fingerprint density at radius 3 is 2.95 bits per heavy atom. The lowest BCUT2D eigenvalue weighted by atomic mass is 10.1. The number of carbonyl (C=O) groups is 1. The van der Waals surface area contributed by atoms with Gasteiger partial charge in [0.1, 0.15) is 0 Å². The second-order valence-corrected chi connectivity index (χ2v) is 4.89. The first-order chi connectivity index (χ1) is 9.81. The van der Waals surface area contributed by atoms with E-state index < -0.39 is 0 Å². The van der Waals surface area contributed by atoms with Crippen LogP contribution in [0.3, 0.4) is 0 Å². The maximum absolute atomic E-state index is 12.1. The van der Waals surface area contributed by atoms with E-state index in [1.54, 1.807) is 7.11 Å². The van der Waals surface area contributed by atoms with E-state index >= 15 is 0 Å². The van der Waals surface area contributed by atoms with E-state index in [4.69, 9.17) is 4.74 Å². The molecule has 1 saturated heterocycles. The Kier molecular flexibility index (Phi) is 5.83. The summed E-state index contributed by atoms with van der Waals surface area (Å²) >= 11 is 0. The third-order valence-corrected chi connectivity index (χ3v) is 3.40. The summed E-state index contributed by atoms with van der Waals surface area (Å²) in [6.07, 6.45) is 0.833. The van der Waals surface area contributed by atoms with Crippen molar-refractivity contribution in [1.29, 1.82) is 0 Å². The van der Waals surface area contributed by atoms with E-state index in [1.165, 1.54) is 0 Å². The van der Waals surface area contributed by atoms with Crippen molar-refractivity contribution in [3.63, 3.8) is 0 Å². The number of anilines is 1. The lowest BCUT2D eigenvalue weighted by molar-refractivity contribution is 0.0948. The summed E-state index contributed by atoms with van der Waals surface area (Å²) in [4.78, 5) is 14.4. The number of benzene rings is 1. The molecule has 5 nitrogen and oxygen atoms in total. The van der Waals surface area contributed by atoms with Crippen LogP contribution in [-0.4, -0.2) is 52.3 Å². The highest BCUT2D eigenvalue weighted by Gasteiger charge is 2.12. The van der Waals surface area contributed by atoms with E-state index in [0.29, 0.717) is 13.2 Å². The minimum atomic E-state index is -0.0157. The van der Waals surface area contributed by atoms with Gasteiger partial charge < -0.3 is 20.3 Å². The van der Waals surface area contributed by atoms with Crippen molar-refractivity contribution in [3.8, 4) is 0 Å². The smallest absolute Gasteiger partial charge is 0.251 e. The number of amides is 1. The van der Waals surface area contributed by atoms with Gasteiger partial charge in [-0.3, -0.25) is 4.79 Å². The van der Waals surface area contributed by atoms with Crippen LogP contribution < -0.4 is 15.5 Å². The molecule has 0 aliphatic carbocycles. The van der Waals surface area contributed by atoms with Gasteiger partial charge in [-0.2, -0.15) is 0 Å². The molecule has 1 aromatic carbocycles. The van der Waals surface area contributed by atoms with Crippen molar-refractivity contribution in [2.75, 3.05) is 51.3 Å². The minimum absolute atomic E-state index is 0.0157. The highest BCUT2D eigenvalue weighted by molar-refractivity contribution is 5.95. The van der Waals surface area contributed by atoms with Gasteiger partial charge in [-0.1, -0.05) is 6.07 Å². The van der Waals surface area contributed by atoms with Crippen molar-refractivity contribution in [2.24, 2.45) is 0 Å². The van der Waals surface area contributed by atoms with Gasteiger partial charge >= 0.3 is 0 Å². The topological polar surface area (TPSA) is 53.6 Å².